The van der Waals surface area contributed by atoms with Gasteiger partial charge in [-0.25, -0.2) is 0 Å². The molecule has 0 N–H and O–H groups in total. The molecule has 10 aromatic carbocycles. The molecule has 14 rings (SSSR count). The van der Waals surface area contributed by atoms with E-state index in [-0.39, 0.29) is 5.41 Å². The molecule has 1 aliphatic rings. The fourth-order valence-corrected chi connectivity index (χ4v) is 13.6. The molecule has 0 atom stereocenters. The van der Waals surface area contributed by atoms with Crippen LogP contribution in [0.3, 0.4) is 0 Å². The van der Waals surface area contributed by atoms with Crippen LogP contribution in [0.5, 0.6) is 0 Å². The molecule has 3 aromatic heterocycles. The van der Waals surface area contributed by atoms with Gasteiger partial charge in [0.25, 0.3) is 0 Å². The number of anilines is 3. The Morgan fingerprint density at radius 2 is 0.806 bits per heavy atom. The van der Waals surface area contributed by atoms with E-state index in [0.29, 0.717) is 0 Å². The lowest BCUT2D eigenvalue weighted by atomic mass is 9.82. The molecule has 4 heteroatoms. The normalized spacial score (nSPS) is 13.0. The first kappa shape index (κ1) is 38.5. The van der Waals surface area contributed by atoms with Gasteiger partial charge in [-0.1, -0.05) is 159 Å². The van der Waals surface area contributed by atoms with Gasteiger partial charge in [0.15, 0.2) is 0 Å². The third-order valence-corrected chi connectivity index (χ3v) is 16.8. The smallest absolute Gasteiger partial charge is 0.0556 e. The number of aromatic nitrogens is 1. The van der Waals surface area contributed by atoms with E-state index in [4.69, 9.17) is 0 Å². The number of hydrogen-bond acceptors (Lipinski definition) is 3. The van der Waals surface area contributed by atoms with Gasteiger partial charge in [0, 0.05) is 79.3 Å². The van der Waals surface area contributed by atoms with Crippen LogP contribution in [0.2, 0.25) is 0 Å². The van der Waals surface area contributed by atoms with Crippen molar-refractivity contribution < 1.29 is 0 Å². The first-order valence-corrected chi connectivity index (χ1v) is 24.7. The number of benzene rings is 10. The van der Waals surface area contributed by atoms with Crippen LogP contribution in [0.1, 0.15) is 25.0 Å². The highest BCUT2D eigenvalue weighted by atomic mass is 32.1. The average molecular weight is 891 g/mol. The maximum Gasteiger partial charge on any atom is 0.0556 e. The highest BCUT2D eigenvalue weighted by Crippen LogP contribution is 2.53. The summed E-state index contributed by atoms with van der Waals surface area (Å²) in [5.74, 6) is 0. The maximum atomic E-state index is 2.54. The molecule has 0 bridgehead atoms. The lowest BCUT2D eigenvalue weighted by Crippen LogP contribution is -2.17. The van der Waals surface area contributed by atoms with Crippen LogP contribution in [0.25, 0.3) is 101 Å². The summed E-state index contributed by atoms with van der Waals surface area (Å²) in [6, 6.07) is 80.9. The number of fused-ring (bicyclic) bond motifs is 14. The van der Waals surface area contributed by atoms with E-state index in [2.05, 4.69) is 242 Å². The minimum absolute atomic E-state index is 0.257. The van der Waals surface area contributed by atoms with Crippen LogP contribution in [0.4, 0.5) is 17.1 Å². The van der Waals surface area contributed by atoms with Crippen LogP contribution in [0.15, 0.2) is 218 Å². The molecule has 0 fully saturated rings. The molecule has 0 radical (unpaired) electrons. The molecule has 13 aromatic rings. The van der Waals surface area contributed by atoms with Crippen molar-refractivity contribution in [3.05, 3.63) is 230 Å². The summed E-state index contributed by atoms with van der Waals surface area (Å²) in [4.78, 5) is 2.41. The predicted octanol–water partition coefficient (Wildman–Crippen LogP) is 18.6. The van der Waals surface area contributed by atoms with Crippen molar-refractivity contribution in [3.63, 3.8) is 0 Å². The fraction of sp³-hybridized carbons (Fsp3) is 0.0476. The zero-order valence-corrected chi connectivity index (χ0v) is 38.6. The Bertz CT molecular complexity index is 3890. The van der Waals surface area contributed by atoms with Crippen molar-refractivity contribution in [2.24, 2.45) is 0 Å². The first-order chi connectivity index (χ1) is 33.0. The molecule has 316 valence electrons. The van der Waals surface area contributed by atoms with E-state index in [1.54, 1.807) is 0 Å². The van der Waals surface area contributed by atoms with Gasteiger partial charge in [-0.2, -0.15) is 0 Å². The molecule has 0 spiro atoms. The van der Waals surface area contributed by atoms with Crippen molar-refractivity contribution in [3.8, 4) is 39.1 Å². The zero-order chi connectivity index (χ0) is 44.4. The minimum Gasteiger partial charge on any atom is -0.310 e. The molecule has 0 saturated heterocycles. The van der Waals surface area contributed by atoms with Gasteiger partial charge in [0.1, 0.15) is 0 Å². The molecule has 3 heterocycles. The van der Waals surface area contributed by atoms with E-state index in [1.807, 2.05) is 22.7 Å². The van der Waals surface area contributed by atoms with Crippen LogP contribution in [-0.4, -0.2) is 4.57 Å². The van der Waals surface area contributed by atoms with Crippen molar-refractivity contribution in [1.82, 2.24) is 4.57 Å². The van der Waals surface area contributed by atoms with Crippen LogP contribution < -0.4 is 4.90 Å². The molecule has 67 heavy (non-hydrogen) atoms. The Labute approximate surface area is 396 Å². The SMILES string of the molecule is CC1(C)c2cc(N(c3ccc(-c4ccccc4)cc3)c3ccc(-c4ccccc4)cc3)ccc2-c2ccc(-n3c4ccc5c6ccccc6sc5c4c4c5sc6ccccc6c5ccc43)cc21. The summed E-state index contributed by atoms with van der Waals surface area (Å²) in [5, 5.41) is 8.04. The molecular formula is C63H42N2S2. The number of hydrogen-bond donors (Lipinski definition) is 0. The lowest BCUT2D eigenvalue weighted by Gasteiger charge is -2.28. The van der Waals surface area contributed by atoms with Crippen molar-refractivity contribution in [2.45, 2.75) is 19.3 Å². The topological polar surface area (TPSA) is 8.17 Å². The van der Waals surface area contributed by atoms with Gasteiger partial charge in [0.05, 0.1) is 11.0 Å². The van der Waals surface area contributed by atoms with E-state index >= 15 is 0 Å². The van der Waals surface area contributed by atoms with Crippen molar-refractivity contribution >= 4 is 102 Å². The third-order valence-electron chi connectivity index (χ3n) is 14.4. The highest BCUT2D eigenvalue weighted by molar-refractivity contribution is 7.28. The summed E-state index contributed by atoms with van der Waals surface area (Å²) >= 11 is 3.86. The summed E-state index contributed by atoms with van der Waals surface area (Å²) in [6.07, 6.45) is 0. The van der Waals surface area contributed by atoms with E-state index in [0.717, 1.165) is 17.1 Å². The number of rotatable bonds is 6. The predicted molar refractivity (Wildman–Crippen MR) is 290 cm³/mol. The largest absolute Gasteiger partial charge is 0.310 e. The van der Waals surface area contributed by atoms with Gasteiger partial charge >= 0.3 is 0 Å². The summed E-state index contributed by atoms with van der Waals surface area (Å²) in [5.41, 5.74) is 17.0. The molecule has 2 nitrogen and oxygen atoms in total. The summed E-state index contributed by atoms with van der Waals surface area (Å²) in [6.45, 7) is 4.82. The quantitative estimate of drug-likeness (QED) is 0.161. The average Bonchev–Trinajstić information content (AvgIpc) is 4.11. The summed E-state index contributed by atoms with van der Waals surface area (Å²) in [7, 11) is 0. The molecular weight excluding hydrogens is 849 g/mol. The van der Waals surface area contributed by atoms with Gasteiger partial charge < -0.3 is 9.47 Å². The van der Waals surface area contributed by atoms with E-state index < -0.39 is 0 Å². The standard InChI is InChI=1S/C63H42N2S2/c1-63(2)53-37-45(64(43-25-21-41(22-26-43)39-13-5-3-6-14-39)44-27-23-42(24-28-44)40-15-7-4-8-16-40)29-31-47(53)48-32-30-46(38-54(48)63)65-55-35-33-51-49-17-9-11-19-57(49)66-61(51)59(55)60-56(65)36-34-52-50-18-10-12-20-58(50)67-62(52)60/h3-38H,1-2H3. The number of thiophene rings is 2. The Morgan fingerprint density at radius 1 is 0.373 bits per heavy atom. The van der Waals surface area contributed by atoms with Crippen LogP contribution in [-0.2, 0) is 5.41 Å². The van der Waals surface area contributed by atoms with Gasteiger partial charge in [-0.15, -0.1) is 22.7 Å². The molecule has 0 saturated carbocycles. The molecule has 0 amide bonds. The Hall–Kier alpha value is -7.76. The second-order valence-electron chi connectivity index (χ2n) is 18.5. The Balaban J connectivity index is 0.920. The van der Waals surface area contributed by atoms with E-state index in [1.165, 1.54) is 112 Å². The highest BCUT2D eigenvalue weighted by Gasteiger charge is 2.37. The zero-order valence-electron chi connectivity index (χ0n) is 37.0. The minimum atomic E-state index is -0.257. The van der Waals surface area contributed by atoms with Crippen LogP contribution in [0, 0.1) is 0 Å². The second kappa shape index (κ2) is 14.6. The maximum absolute atomic E-state index is 2.54. The van der Waals surface area contributed by atoms with E-state index in [9.17, 15) is 0 Å². The summed E-state index contributed by atoms with van der Waals surface area (Å²) < 4.78 is 7.93. The molecule has 1 aliphatic carbocycles. The van der Waals surface area contributed by atoms with Gasteiger partial charge in [0.2, 0.25) is 0 Å². The van der Waals surface area contributed by atoms with Crippen molar-refractivity contribution in [1.29, 1.82) is 0 Å². The molecule has 0 aliphatic heterocycles. The fourth-order valence-electron chi connectivity index (χ4n) is 11.1. The molecule has 0 unspecified atom stereocenters. The monoisotopic (exact) mass is 890 g/mol. The Kier molecular flexibility index (Phi) is 8.40. The van der Waals surface area contributed by atoms with Gasteiger partial charge in [-0.05, 0) is 117 Å². The lowest BCUT2D eigenvalue weighted by molar-refractivity contribution is 0.660. The second-order valence-corrected chi connectivity index (χ2v) is 20.6. The van der Waals surface area contributed by atoms with Crippen LogP contribution >= 0.6 is 22.7 Å². The third kappa shape index (κ3) is 5.80. The number of nitrogens with zero attached hydrogens (tertiary/aromatic N) is 2. The Morgan fingerprint density at radius 3 is 1.33 bits per heavy atom. The van der Waals surface area contributed by atoms with Crippen molar-refractivity contribution in [2.75, 3.05) is 4.90 Å². The van der Waals surface area contributed by atoms with Gasteiger partial charge in [-0.3, -0.25) is 0 Å². The first-order valence-electron chi connectivity index (χ1n) is 23.1.